The zero-order valence-electron chi connectivity index (χ0n) is 12.5. The van der Waals surface area contributed by atoms with E-state index in [1.165, 1.54) is 24.8 Å². The molecule has 114 valence electrons. The van der Waals surface area contributed by atoms with Gasteiger partial charge in [-0.2, -0.15) is 0 Å². The van der Waals surface area contributed by atoms with Gasteiger partial charge < -0.3 is 10.4 Å². The molecule has 0 saturated heterocycles. The van der Waals surface area contributed by atoms with Crippen molar-refractivity contribution >= 4 is 5.97 Å². The van der Waals surface area contributed by atoms with Gasteiger partial charge in [-0.15, -0.1) is 0 Å². The van der Waals surface area contributed by atoms with E-state index in [-0.39, 0.29) is 5.92 Å². The Morgan fingerprint density at radius 3 is 2.38 bits per heavy atom. The van der Waals surface area contributed by atoms with Gasteiger partial charge >= 0.3 is 5.97 Å². The zero-order valence-corrected chi connectivity index (χ0v) is 12.5. The van der Waals surface area contributed by atoms with Gasteiger partial charge in [-0.05, 0) is 50.0 Å². The van der Waals surface area contributed by atoms with Crippen molar-refractivity contribution in [2.75, 3.05) is 0 Å². The third-order valence-electron chi connectivity index (χ3n) is 5.27. The second-order valence-corrected chi connectivity index (χ2v) is 6.61. The minimum Gasteiger partial charge on any atom is -0.481 e. The molecule has 0 aliphatic heterocycles. The van der Waals surface area contributed by atoms with Gasteiger partial charge in [-0.1, -0.05) is 36.8 Å². The van der Waals surface area contributed by atoms with E-state index in [0.29, 0.717) is 18.0 Å². The Labute approximate surface area is 126 Å². The van der Waals surface area contributed by atoms with Crippen LogP contribution in [0.25, 0.3) is 0 Å². The normalized spacial score (nSPS) is 33.0. The number of nitrogens with one attached hydrogen (secondary N) is 1. The van der Waals surface area contributed by atoms with Crippen molar-refractivity contribution in [2.24, 2.45) is 5.92 Å². The third-order valence-corrected chi connectivity index (χ3v) is 5.27. The minimum absolute atomic E-state index is 0.114. The first kappa shape index (κ1) is 14.6. The standard InChI is InChI=1S/C18H25NO2/c20-18(21)14-9-11-15(12-10-14)19-17-8-4-7-16(17)13-5-2-1-3-6-13/h1-3,5-6,14-17,19H,4,7-12H2,(H,20,21). The topological polar surface area (TPSA) is 49.3 Å². The molecule has 2 aliphatic carbocycles. The van der Waals surface area contributed by atoms with E-state index in [0.717, 1.165) is 25.7 Å². The van der Waals surface area contributed by atoms with E-state index in [1.54, 1.807) is 0 Å². The molecule has 0 bridgehead atoms. The van der Waals surface area contributed by atoms with E-state index in [1.807, 2.05) is 0 Å². The summed E-state index contributed by atoms with van der Waals surface area (Å²) >= 11 is 0. The van der Waals surface area contributed by atoms with Crippen molar-refractivity contribution < 1.29 is 9.90 Å². The van der Waals surface area contributed by atoms with Gasteiger partial charge in [-0.3, -0.25) is 4.79 Å². The molecule has 3 rings (SSSR count). The van der Waals surface area contributed by atoms with E-state index >= 15 is 0 Å². The smallest absolute Gasteiger partial charge is 0.306 e. The number of hydrogen-bond donors (Lipinski definition) is 2. The van der Waals surface area contributed by atoms with E-state index in [2.05, 4.69) is 35.6 Å². The number of carboxylic acid groups (broad SMARTS) is 1. The molecule has 1 aromatic carbocycles. The number of aliphatic carboxylic acids is 1. The van der Waals surface area contributed by atoms with Crippen LogP contribution in [0.15, 0.2) is 30.3 Å². The molecule has 3 heteroatoms. The lowest BCUT2D eigenvalue weighted by Gasteiger charge is -2.32. The summed E-state index contributed by atoms with van der Waals surface area (Å²) in [5, 5.41) is 12.9. The molecule has 0 amide bonds. The van der Waals surface area contributed by atoms with Crippen LogP contribution in [0.3, 0.4) is 0 Å². The summed E-state index contributed by atoms with van der Waals surface area (Å²) in [6.07, 6.45) is 7.49. The summed E-state index contributed by atoms with van der Waals surface area (Å²) in [6, 6.07) is 11.9. The van der Waals surface area contributed by atoms with Crippen LogP contribution in [0.5, 0.6) is 0 Å². The molecule has 2 unspecified atom stereocenters. The quantitative estimate of drug-likeness (QED) is 0.890. The molecule has 3 nitrogen and oxygen atoms in total. The molecular weight excluding hydrogens is 262 g/mol. The summed E-state index contributed by atoms with van der Waals surface area (Å²) < 4.78 is 0. The fraction of sp³-hybridized carbons (Fsp3) is 0.611. The highest BCUT2D eigenvalue weighted by Crippen LogP contribution is 2.36. The molecule has 2 saturated carbocycles. The van der Waals surface area contributed by atoms with Crippen molar-refractivity contribution in [1.82, 2.24) is 5.32 Å². The van der Waals surface area contributed by atoms with Crippen molar-refractivity contribution in [3.63, 3.8) is 0 Å². The lowest BCUT2D eigenvalue weighted by atomic mass is 9.85. The minimum atomic E-state index is -0.614. The maximum atomic E-state index is 11.0. The van der Waals surface area contributed by atoms with Crippen molar-refractivity contribution in [2.45, 2.75) is 62.9 Å². The molecule has 2 atom stereocenters. The van der Waals surface area contributed by atoms with Gasteiger partial charge in [0.25, 0.3) is 0 Å². The Hall–Kier alpha value is -1.35. The van der Waals surface area contributed by atoms with Crippen LogP contribution < -0.4 is 5.32 Å². The number of carboxylic acids is 1. The third kappa shape index (κ3) is 3.46. The Morgan fingerprint density at radius 1 is 1.00 bits per heavy atom. The molecule has 0 aromatic heterocycles. The van der Waals surface area contributed by atoms with Crippen LogP contribution in [-0.2, 0) is 4.79 Å². The summed E-state index contributed by atoms with van der Waals surface area (Å²) in [5.41, 5.74) is 1.45. The number of hydrogen-bond acceptors (Lipinski definition) is 2. The maximum absolute atomic E-state index is 11.0. The number of carbonyl (C=O) groups is 1. The van der Waals surface area contributed by atoms with Gasteiger partial charge in [0.05, 0.1) is 5.92 Å². The first-order valence-electron chi connectivity index (χ1n) is 8.28. The SMILES string of the molecule is O=C(O)C1CCC(NC2CCCC2c2ccccc2)CC1. The highest BCUT2D eigenvalue weighted by atomic mass is 16.4. The Morgan fingerprint density at radius 2 is 1.71 bits per heavy atom. The Balaban J connectivity index is 1.56. The molecule has 0 spiro atoms. The van der Waals surface area contributed by atoms with Gasteiger partial charge in [0, 0.05) is 12.1 Å². The molecule has 2 N–H and O–H groups in total. The first-order chi connectivity index (χ1) is 10.2. The number of rotatable bonds is 4. The molecule has 1 aromatic rings. The van der Waals surface area contributed by atoms with E-state index in [9.17, 15) is 4.79 Å². The fourth-order valence-electron chi connectivity index (χ4n) is 4.07. The predicted molar refractivity (Wildman–Crippen MR) is 83.3 cm³/mol. The molecule has 21 heavy (non-hydrogen) atoms. The summed E-state index contributed by atoms with van der Waals surface area (Å²) in [4.78, 5) is 11.0. The van der Waals surface area contributed by atoms with Crippen LogP contribution in [0.4, 0.5) is 0 Å². The highest BCUT2D eigenvalue weighted by molar-refractivity contribution is 5.70. The molecule has 2 aliphatic rings. The maximum Gasteiger partial charge on any atom is 0.306 e. The predicted octanol–water partition coefficient (Wildman–Crippen LogP) is 3.56. The lowest BCUT2D eigenvalue weighted by molar-refractivity contribution is -0.142. The molecule has 0 heterocycles. The van der Waals surface area contributed by atoms with Gasteiger partial charge in [0.2, 0.25) is 0 Å². The van der Waals surface area contributed by atoms with E-state index < -0.39 is 5.97 Å². The second-order valence-electron chi connectivity index (χ2n) is 6.61. The van der Waals surface area contributed by atoms with Gasteiger partial charge in [0.15, 0.2) is 0 Å². The van der Waals surface area contributed by atoms with Crippen LogP contribution >= 0.6 is 0 Å². The number of benzene rings is 1. The largest absolute Gasteiger partial charge is 0.481 e. The average Bonchev–Trinajstić information content (AvgIpc) is 2.97. The molecule has 0 radical (unpaired) electrons. The lowest BCUT2D eigenvalue weighted by Crippen LogP contribution is -2.42. The summed E-state index contributed by atoms with van der Waals surface area (Å²) in [6.45, 7) is 0. The zero-order chi connectivity index (χ0) is 14.7. The highest BCUT2D eigenvalue weighted by Gasteiger charge is 2.32. The Kier molecular flexibility index (Phi) is 4.59. The van der Waals surface area contributed by atoms with Crippen LogP contribution in [0.2, 0.25) is 0 Å². The fourth-order valence-corrected chi connectivity index (χ4v) is 4.07. The average molecular weight is 287 g/mol. The molecule has 2 fully saturated rings. The van der Waals surface area contributed by atoms with Crippen molar-refractivity contribution in [3.05, 3.63) is 35.9 Å². The summed E-state index contributed by atoms with van der Waals surface area (Å²) in [7, 11) is 0. The monoisotopic (exact) mass is 287 g/mol. The van der Waals surface area contributed by atoms with Crippen LogP contribution in [0.1, 0.15) is 56.4 Å². The van der Waals surface area contributed by atoms with Crippen LogP contribution in [0, 0.1) is 5.92 Å². The van der Waals surface area contributed by atoms with Crippen LogP contribution in [-0.4, -0.2) is 23.2 Å². The summed E-state index contributed by atoms with van der Waals surface area (Å²) in [5.74, 6) is -0.101. The van der Waals surface area contributed by atoms with E-state index in [4.69, 9.17) is 5.11 Å². The Bertz CT molecular complexity index is 465. The van der Waals surface area contributed by atoms with Gasteiger partial charge in [0.1, 0.15) is 0 Å². The van der Waals surface area contributed by atoms with Crippen molar-refractivity contribution in [3.8, 4) is 0 Å². The second kappa shape index (κ2) is 6.61. The van der Waals surface area contributed by atoms with Crippen molar-refractivity contribution in [1.29, 1.82) is 0 Å². The van der Waals surface area contributed by atoms with Gasteiger partial charge in [-0.25, -0.2) is 0 Å². The first-order valence-corrected chi connectivity index (χ1v) is 8.28. The molecular formula is C18H25NO2.